The topological polar surface area (TPSA) is 96.0 Å². The largest absolute Gasteiger partial charge is 0.416 e. The van der Waals surface area contributed by atoms with Gasteiger partial charge >= 0.3 is 12.2 Å². The lowest BCUT2D eigenvalue weighted by Gasteiger charge is -2.23. The maximum absolute atomic E-state index is 12.9. The van der Waals surface area contributed by atoms with Gasteiger partial charge in [0.2, 0.25) is 11.0 Å². The van der Waals surface area contributed by atoms with E-state index in [2.05, 4.69) is 26.1 Å². The predicted octanol–water partition coefficient (Wildman–Crippen LogP) is 5.40. The minimum Gasteiger partial charge on any atom is -0.326 e. The zero-order valence-electron chi connectivity index (χ0n) is 17.8. The van der Waals surface area contributed by atoms with Gasteiger partial charge in [-0.25, -0.2) is 4.79 Å². The second kappa shape index (κ2) is 10.4. The highest BCUT2D eigenvalue weighted by Crippen LogP contribution is 2.30. The number of benzene rings is 2. The molecule has 0 aliphatic rings. The summed E-state index contributed by atoms with van der Waals surface area (Å²) < 4.78 is 38.1. The summed E-state index contributed by atoms with van der Waals surface area (Å²) in [6.45, 7) is 3.68. The molecule has 0 unspecified atom stereocenters. The van der Waals surface area contributed by atoms with E-state index in [0.29, 0.717) is 11.4 Å². The van der Waals surface area contributed by atoms with Crippen molar-refractivity contribution >= 4 is 34.1 Å². The van der Waals surface area contributed by atoms with E-state index >= 15 is 0 Å². The Balaban J connectivity index is 1.65. The van der Waals surface area contributed by atoms with Gasteiger partial charge in [-0.15, -0.1) is 10.2 Å². The van der Waals surface area contributed by atoms with E-state index in [1.807, 2.05) is 37.3 Å². The summed E-state index contributed by atoms with van der Waals surface area (Å²) in [6.07, 6.45) is -3.87. The number of hydrogen-bond acceptors (Lipinski definition) is 5. The molecule has 0 saturated heterocycles. The number of amides is 3. The molecule has 0 saturated carbocycles. The minimum absolute atomic E-state index is 0.167. The monoisotopic (exact) mass is 477 g/mol. The molecule has 2 atom stereocenters. The van der Waals surface area contributed by atoms with E-state index < -0.39 is 29.7 Å². The summed E-state index contributed by atoms with van der Waals surface area (Å²) in [5, 5.41) is 16.7. The average molecular weight is 478 g/mol. The molecule has 1 aromatic heterocycles. The molecule has 33 heavy (non-hydrogen) atoms. The third-order valence-corrected chi connectivity index (χ3v) is 5.82. The van der Waals surface area contributed by atoms with Crippen LogP contribution >= 0.6 is 11.3 Å². The molecule has 11 heteroatoms. The van der Waals surface area contributed by atoms with Crippen molar-refractivity contribution in [2.45, 2.75) is 32.5 Å². The molecule has 7 nitrogen and oxygen atoms in total. The maximum Gasteiger partial charge on any atom is 0.416 e. The van der Waals surface area contributed by atoms with Gasteiger partial charge in [0, 0.05) is 11.3 Å². The Hall–Kier alpha value is -3.47. The first-order valence-electron chi connectivity index (χ1n) is 10.1. The first kappa shape index (κ1) is 24.2. The number of nitrogens with zero attached hydrogens (tertiary/aromatic N) is 2. The molecule has 174 valence electrons. The fraction of sp³-hybridized carbons (Fsp3) is 0.273. The summed E-state index contributed by atoms with van der Waals surface area (Å²) in [5.74, 6) is -0.687. The van der Waals surface area contributed by atoms with Gasteiger partial charge in [-0.3, -0.25) is 10.1 Å². The van der Waals surface area contributed by atoms with Crippen molar-refractivity contribution in [3.63, 3.8) is 0 Å². The molecule has 3 aromatic rings. The van der Waals surface area contributed by atoms with Crippen LogP contribution in [-0.2, 0) is 11.0 Å². The Morgan fingerprint density at radius 1 is 1.00 bits per heavy atom. The van der Waals surface area contributed by atoms with Gasteiger partial charge in [0.15, 0.2) is 0 Å². The van der Waals surface area contributed by atoms with E-state index in [9.17, 15) is 22.8 Å². The van der Waals surface area contributed by atoms with Crippen LogP contribution < -0.4 is 16.0 Å². The van der Waals surface area contributed by atoms with Gasteiger partial charge < -0.3 is 10.6 Å². The number of hydrogen-bond donors (Lipinski definition) is 3. The molecule has 0 bridgehead atoms. The zero-order valence-corrected chi connectivity index (χ0v) is 18.6. The molecule has 1 heterocycles. The quantitative estimate of drug-likeness (QED) is 0.425. The Bertz CT molecular complexity index is 1090. The van der Waals surface area contributed by atoms with Gasteiger partial charge in [0.25, 0.3) is 0 Å². The van der Waals surface area contributed by atoms with E-state index in [0.717, 1.165) is 29.8 Å². The Morgan fingerprint density at radius 3 is 2.27 bits per heavy atom. The third kappa shape index (κ3) is 6.51. The van der Waals surface area contributed by atoms with Crippen molar-refractivity contribution in [2.75, 3.05) is 10.6 Å². The van der Waals surface area contributed by atoms with Crippen LogP contribution in [0.1, 0.15) is 25.8 Å². The predicted molar refractivity (Wildman–Crippen MR) is 121 cm³/mol. The fourth-order valence-electron chi connectivity index (χ4n) is 2.91. The number of carbonyl (C=O) groups excluding carboxylic acids is 2. The minimum atomic E-state index is -4.47. The first-order chi connectivity index (χ1) is 15.7. The number of urea groups is 1. The summed E-state index contributed by atoms with van der Waals surface area (Å²) in [5.41, 5.74) is 0.209. The Morgan fingerprint density at radius 2 is 1.67 bits per heavy atom. The van der Waals surface area contributed by atoms with Crippen molar-refractivity contribution in [1.29, 1.82) is 0 Å². The molecule has 0 fully saturated rings. The van der Waals surface area contributed by atoms with Crippen LogP contribution in [0.25, 0.3) is 10.6 Å². The number of anilines is 2. The SMILES string of the molecule is CC[C@@H](C)[C@@H](NC(=O)Nc1ccc(C(F)(F)F)cc1)C(=O)Nc1nnc(-c2ccccc2)s1. The van der Waals surface area contributed by atoms with E-state index in [-0.39, 0.29) is 16.7 Å². The van der Waals surface area contributed by atoms with Crippen LogP contribution in [0.5, 0.6) is 0 Å². The van der Waals surface area contributed by atoms with Crippen molar-refractivity contribution in [1.82, 2.24) is 15.5 Å². The molecule has 0 aliphatic carbocycles. The smallest absolute Gasteiger partial charge is 0.326 e. The average Bonchev–Trinajstić information content (AvgIpc) is 3.25. The zero-order chi connectivity index (χ0) is 24.0. The van der Waals surface area contributed by atoms with Crippen LogP contribution in [0.4, 0.5) is 28.8 Å². The van der Waals surface area contributed by atoms with Crippen LogP contribution in [0, 0.1) is 5.92 Å². The lowest BCUT2D eigenvalue weighted by atomic mass is 9.98. The number of aromatic nitrogens is 2. The van der Waals surface area contributed by atoms with Crippen molar-refractivity contribution in [3.8, 4) is 10.6 Å². The molecule has 0 spiro atoms. The number of rotatable bonds is 7. The number of nitrogens with one attached hydrogen (secondary N) is 3. The van der Waals surface area contributed by atoms with Gasteiger partial charge in [-0.05, 0) is 30.2 Å². The molecule has 3 N–H and O–H groups in total. The lowest BCUT2D eigenvalue weighted by Crippen LogP contribution is -2.49. The second-order valence-corrected chi connectivity index (χ2v) is 8.28. The summed E-state index contributed by atoms with van der Waals surface area (Å²) in [7, 11) is 0. The van der Waals surface area contributed by atoms with Crippen LogP contribution in [0.2, 0.25) is 0 Å². The highest BCUT2D eigenvalue weighted by molar-refractivity contribution is 7.18. The van der Waals surface area contributed by atoms with E-state index in [1.54, 1.807) is 6.92 Å². The number of halogens is 3. The third-order valence-electron chi connectivity index (χ3n) is 4.93. The lowest BCUT2D eigenvalue weighted by molar-refractivity contribution is -0.137. The number of alkyl halides is 3. The van der Waals surface area contributed by atoms with E-state index in [1.165, 1.54) is 11.3 Å². The van der Waals surface area contributed by atoms with Crippen LogP contribution in [0.3, 0.4) is 0 Å². The maximum atomic E-state index is 12.9. The van der Waals surface area contributed by atoms with Gasteiger partial charge in [-0.2, -0.15) is 13.2 Å². The highest BCUT2D eigenvalue weighted by atomic mass is 32.1. The summed E-state index contributed by atoms with van der Waals surface area (Å²) >= 11 is 1.20. The van der Waals surface area contributed by atoms with Crippen molar-refractivity contribution < 1.29 is 22.8 Å². The molecular formula is C22H22F3N5O2S. The standard InChI is InChI=1S/C22H22F3N5O2S/c1-3-13(2)17(27-20(32)26-16-11-9-15(10-12-16)22(23,24)25)18(31)28-21-30-29-19(33-21)14-7-5-4-6-8-14/h4-13,17H,3H2,1-2H3,(H2,26,27,32)(H,28,30,31)/t13-,17-/m1/s1. The second-order valence-electron chi connectivity index (χ2n) is 7.30. The Kier molecular flexibility index (Phi) is 7.64. The van der Waals surface area contributed by atoms with E-state index in [4.69, 9.17) is 0 Å². The molecule has 0 aliphatic heterocycles. The van der Waals surface area contributed by atoms with Gasteiger partial charge in [-0.1, -0.05) is 61.9 Å². The molecule has 0 radical (unpaired) electrons. The summed E-state index contributed by atoms with van der Waals surface area (Å²) in [4.78, 5) is 25.3. The van der Waals surface area contributed by atoms with Gasteiger partial charge in [0.1, 0.15) is 11.0 Å². The number of carbonyl (C=O) groups is 2. The normalized spacial score (nSPS) is 13.1. The van der Waals surface area contributed by atoms with Crippen molar-refractivity contribution in [3.05, 3.63) is 60.2 Å². The molecule has 3 rings (SSSR count). The highest BCUT2D eigenvalue weighted by Gasteiger charge is 2.30. The first-order valence-corrected chi connectivity index (χ1v) is 10.9. The fourth-order valence-corrected chi connectivity index (χ4v) is 3.66. The molecular weight excluding hydrogens is 455 g/mol. The molecule has 3 amide bonds. The summed E-state index contributed by atoms with van der Waals surface area (Å²) in [6, 6.07) is 11.8. The van der Waals surface area contributed by atoms with Gasteiger partial charge in [0.05, 0.1) is 5.56 Å². The molecule has 2 aromatic carbocycles. The van der Waals surface area contributed by atoms with Crippen molar-refractivity contribution in [2.24, 2.45) is 5.92 Å². The Labute approximate surface area is 192 Å². The van der Waals surface area contributed by atoms with Crippen LogP contribution in [-0.4, -0.2) is 28.2 Å². The van der Waals surface area contributed by atoms with Crippen LogP contribution in [0.15, 0.2) is 54.6 Å².